The lowest BCUT2D eigenvalue weighted by molar-refractivity contribution is -0.133. The molecule has 0 N–H and O–H groups in total. The Labute approximate surface area is 139 Å². The number of halogens is 1. The van der Waals surface area contributed by atoms with Gasteiger partial charge in [0.2, 0.25) is 0 Å². The van der Waals surface area contributed by atoms with Crippen LogP contribution < -0.4 is 0 Å². The molecule has 124 valence electrons. The highest BCUT2D eigenvalue weighted by molar-refractivity contribution is 7.67. The third kappa shape index (κ3) is 3.52. The summed E-state index contributed by atoms with van der Waals surface area (Å²) in [5.41, 5.74) is 2.88. The smallest absolute Gasteiger partial charge is 0.339 e. The minimum Gasteiger partial charge on any atom is -0.457 e. The summed E-state index contributed by atoms with van der Waals surface area (Å²) in [7, 11) is -2.90. The van der Waals surface area contributed by atoms with E-state index in [2.05, 4.69) is 4.18 Å². The van der Waals surface area contributed by atoms with Gasteiger partial charge in [0, 0.05) is 5.57 Å². The second kappa shape index (κ2) is 6.94. The quantitative estimate of drug-likeness (QED) is 0.663. The topological polar surface area (TPSA) is 69.7 Å². The Bertz CT molecular complexity index is 876. The summed E-state index contributed by atoms with van der Waals surface area (Å²) in [5.74, 6) is -0.926. The Morgan fingerprint density at radius 2 is 1.83 bits per heavy atom. The zero-order valence-corrected chi connectivity index (χ0v) is 13.3. The molecule has 0 saturated carbocycles. The van der Waals surface area contributed by atoms with Crippen molar-refractivity contribution in [1.29, 1.82) is 0 Å². The molecular formula is C17H13FO5S. The number of carbonyl (C=O) groups excluding carboxylic acids is 1. The number of ether oxygens (including phenoxy) is 1. The summed E-state index contributed by atoms with van der Waals surface area (Å²) >= 11 is 0. The van der Waals surface area contributed by atoms with Gasteiger partial charge in [0.05, 0.1) is 12.2 Å². The summed E-state index contributed by atoms with van der Waals surface area (Å²) in [4.78, 5) is 12.0. The van der Waals surface area contributed by atoms with E-state index in [1.807, 2.05) is 0 Å². The molecular weight excluding hydrogens is 335 g/mol. The lowest BCUT2D eigenvalue weighted by Crippen LogP contribution is -1.98. The molecule has 0 aromatic heterocycles. The molecule has 7 heteroatoms. The van der Waals surface area contributed by atoms with Gasteiger partial charge in [-0.05, 0) is 28.8 Å². The fourth-order valence-corrected chi connectivity index (χ4v) is 2.75. The van der Waals surface area contributed by atoms with Crippen LogP contribution in [0.4, 0.5) is 4.39 Å². The van der Waals surface area contributed by atoms with Crippen molar-refractivity contribution >= 4 is 28.1 Å². The highest BCUT2D eigenvalue weighted by Gasteiger charge is 2.27. The molecule has 24 heavy (non-hydrogen) atoms. The van der Waals surface area contributed by atoms with Gasteiger partial charge in [-0.1, -0.05) is 36.4 Å². The first-order valence-electron chi connectivity index (χ1n) is 7.07. The van der Waals surface area contributed by atoms with Crippen molar-refractivity contribution in [3.8, 4) is 0 Å². The lowest BCUT2D eigenvalue weighted by atomic mass is 9.96. The number of thiol groups is 1. The first kappa shape index (κ1) is 16.4. The Kier molecular flexibility index (Phi) is 4.73. The van der Waals surface area contributed by atoms with E-state index in [1.54, 1.807) is 30.3 Å². The summed E-state index contributed by atoms with van der Waals surface area (Å²) in [6.07, 6.45) is 0. The molecule has 3 rings (SSSR count). The number of hydrogen-bond acceptors (Lipinski definition) is 5. The molecule has 0 aliphatic carbocycles. The van der Waals surface area contributed by atoms with Crippen LogP contribution in [0, 0.1) is 5.82 Å². The normalized spacial score (nSPS) is 14.3. The molecule has 0 spiro atoms. The predicted octanol–water partition coefficient (Wildman–Crippen LogP) is 2.34. The third-order valence-corrected chi connectivity index (χ3v) is 3.95. The zero-order chi connectivity index (χ0) is 17.1. The van der Waals surface area contributed by atoms with Gasteiger partial charge in [0.25, 0.3) is 11.0 Å². The van der Waals surface area contributed by atoms with Crippen molar-refractivity contribution in [2.75, 3.05) is 6.61 Å². The van der Waals surface area contributed by atoms with Crippen LogP contribution in [-0.4, -0.2) is 21.0 Å². The Hall–Kier alpha value is -2.51. The van der Waals surface area contributed by atoms with E-state index in [4.69, 9.17) is 4.74 Å². The van der Waals surface area contributed by atoms with Crippen LogP contribution >= 0.6 is 0 Å². The van der Waals surface area contributed by atoms with E-state index in [-0.39, 0.29) is 13.2 Å². The van der Waals surface area contributed by atoms with E-state index >= 15 is 0 Å². The highest BCUT2D eigenvalue weighted by Crippen LogP contribution is 2.33. The SMILES string of the molecule is O=C1OCC(c2ccc(CO[SH](=O)=O)cc2)=C1c1cccc(F)c1. The van der Waals surface area contributed by atoms with E-state index in [0.29, 0.717) is 22.3 Å². The predicted molar refractivity (Wildman–Crippen MR) is 85.7 cm³/mol. The summed E-state index contributed by atoms with van der Waals surface area (Å²) < 4.78 is 43.9. The van der Waals surface area contributed by atoms with Crippen molar-refractivity contribution in [1.82, 2.24) is 0 Å². The molecule has 2 aromatic carbocycles. The minimum absolute atomic E-state index is 0.0514. The number of carbonyl (C=O) groups is 1. The zero-order valence-electron chi connectivity index (χ0n) is 12.4. The number of benzene rings is 2. The molecule has 1 heterocycles. The van der Waals surface area contributed by atoms with E-state index < -0.39 is 22.8 Å². The molecule has 1 aliphatic heterocycles. The molecule has 0 radical (unpaired) electrons. The summed E-state index contributed by atoms with van der Waals surface area (Å²) in [5, 5.41) is 0. The Balaban J connectivity index is 1.95. The average molecular weight is 348 g/mol. The van der Waals surface area contributed by atoms with Gasteiger partial charge in [0.15, 0.2) is 0 Å². The number of cyclic esters (lactones) is 1. The van der Waals surface area contributed by atoms with Crippen LogP contribution in [0.2, 0.25) is 0 Å². The fourth-order valence-electron chi connectivity index (χ4n) is 2.50. The van der Waals surface area contributed by atoms with Crippen LogP contribution in [0.5, 0.6) is 0 Å². The second-order valence-electron chi connectivity index (χ2n) is 5.13. The van der Waals surface area contributed by atoms with Crippen molar-refractivity contribution in [2.45, 2.75) is 6.61 Å². The Morgan fingerprint density at radius 3 is 2.50 bits per heavy atom. The van der Waals surface area contributed by atoms with Crippen molar-refractivity contribution in [3.05, 3.63) is 71.0 Å². The second-order valence-corrected chi connectivity index (χ2v) is 5.84. The van der Waals surface area contributed by atoms with Gasteiger partial charge in [-0.3, -0.25) is 4.18 Å². The van der Waals surface area contributed by atoms with Gasteiger partial charge in [-0.15, -0.1) is 0 Å². The molecule has 0 fully saturated rings. The maximum atomic E-state index is 13.4. The fraction of sp³-hybridized carbons (Fsp3) is 0.118. The third-order valence-electron chi connectivity index (χ3n) is 3.61. The Morgan fingerprint density at radius 1 is 1.08 bits per heavy atom. The van der Waals surface area contributed by atoms with Gasteiger partial charge < -0.3 is 4.74 Å². The van der Waals surface area contributed by atoms with E-state index in [9.17, 15) is 17.6 Å². The maximum Gasteiger partial charge on any atom is 0.339 e. The molecule has 0 atom stereocenters. The molecule has 0 bridgehead atoms. The highest BCUT2D eigenvalue weighted by atomic mass is 32.2. The molecule has 1 aliphatic rings. The first-order chi connectivity index (χ1) is 11.5. The molecule has 0 unspecified atom stereocenters. The maximum absolute atomic E-state index is 13.4. The largest absolute Gasteiger partial charge is 0.457 e. The summed E-state index contributed by atoms with van der Waals surface area (Å²) in [6, 6.07) is 12.7. The van der Waals surface area contributed by atoms with Crippen LogP contribution in [0.15, 0.2) is 48.5 Å². The molecule has 0 amide bonds. The van der Waals surface area contributed by atoms with E-state index in [0.717, 1.165) is 5.56 Å². The van der Waals surface area contributed by atoms with E-state index in [1.165, 1.54) is 18.2 Å². The van der Waals surface area contributed by atoms with Crippen molar-refractivity contribution in [3.63, 3.8) is 0 Å². The van der Waals surface area contributed by atoms with Gasteiger partial charge in [-0.25, -0.2) is 17.6 Å². The lowest BCUT2D eigenvalue weighted by Gasteiger charge is -2.06. The monoisotopic (exact) mass is 348 g/mol. The number of hydrogen-bond donors (Lipinski definition) is 1. The van der Waals surface area contributed by atoms with Crippen LogP contribution in [0.25, 0.3) is 11.1 Å². The van der Waals surface area contributed by atoms with Gasteiger partial charge in [-0.2, -0.15) is 0 Å². The summed E-state index contributed by atoms with van der Waals surface area (Å²) in [6.45, 7) is 0.0527. The van der Waals surface area contributed by atoms with Crippen molar-refractivity contribution in [2.24, 2.45) is 0 Å². The van der Waals surface area contributed by atoms with Gasteiger partial charge in [0.1, 0.15) is 12.4 Å². The average Bonchev–Trinajstić information content (AvgIpc) is 2.95. The first-order valence-corrected chi connectivity index (χ1v) is 8.17. The minimum atomic E-state index is -2.90. The van der Waals surface area contributed by atoms with Crippen LogP contribution in [0.3, 0.4) is 0 Å². The molecule has 5 nitrogen and oxygen atoms in total. The number of esters is 1. The molecule has 2 aromatic rings. The number of rotatable bonds is 5. The van der Waals surface area contributed by atoms with Gasteiger partial charge >= 0.3 is 5.97 Å². The standard InChI is InChI=1S/C17H13FO5S/c18-14-3-1-2-13(8-14)16-15(10-22-17(16)19)12-6-4-11(5-7-12)9-23-24(20)21/h1-8,24H,9-10H2. The molecule has 0 saturated heterocycles. The van der Waals surface area contributed by atoms with Crippen molar-refractivity contribution < 1.29 is 26.5 Å². The van der Waals surface area contributed by atoms with Crippen LogP contribution in [0.1, 0.15) is 16.7 Å². The van der Waals surface area contributed by atoms with Crippen LogP contribution in [-0.2, 0) is 31.3 Å².